The molecule has 0 aliphatic carbocycles. The molecule has 0 saturated carbocycles. The number of anilines is 1. The number of alkyl halides is 1. The number of fused-ring (bicyclic) bond motifs is 1. The van der Waals surface area contributed by atoms with E-state index in [4.69, 9.17) is 36.3 Å². The Morgan fingerprint density at radius 2 is 1.70 bits per heavy atom. The number of hydrogen-bond acceptors (Lipinski definition) is 9. The van der Waals surface area contributed by atoms with Crippen LogP contribution in [0.1, 0.15) is 26.2 Å². The molecule has 3 aromatic rings. The fourth-order valence-corrected chi connectivity index (χ4v) is 2.83. The summed E-state index contributed by atoms with van der Waals surface area (Å²) in [5.41, 5.74) is 6.66. The Morgan fingerprint density at radius 1 is 1.00 bits per heavy atom. The van der Waals surface area contributed by atoms with Crippen molar-refractivity contribution in [2.75, 3.05) is 38.5 Å². The van der Waals surface area contributed by atoms with Crippen molar-refractivity contribution in [3.05, 3.63) is 36.4 Å². The van der Waals surface area contributed by atoms with Gasteiger partial charge in [0.1, 0.15) is 6.61 Å². The third kappa shape index (κ3) is 8.74. The summed E-state index contributed by atoms with van der Waals surface area (Å²) in [4.78, 5) is 24.4. The van der Waals surface area contributed by atoms with Gasteiger partial charge in [0.2, 0.25) is 0 Å². The normalized spacial score (nSPS) is 10.4. The summed E-state index contributed by atoms with van der Waals surface area (Å²) < 4.78 is 22.2. The van der Waals surface area contributed by atoms with Gasteiger partial charge in [0.15, 0.2) is 17.0 Å². The molecule has 0 aliphatic heterocycles. The van der Waals surface area contributed by atoms with Crippen molar-refractivity contribution in [1.82, 2.24) is 19.5 Å². The molecule has 1 aromatic carbocycles. The van der Waals surface area contributed by atoms with Crippen molar-refractivity contribution in [3.8, 4) is 12.0 Å². The summed E-state index contributed by atoms with van der Waals surface area (Å²) in [6.45, 7) is 3.22. The Bertz CT molecular complexity index is 944. The van der Waals surface area contributed by atoms with Gasteiger partial charge in [-0.2, -0.15) is 15.0 Å². The van der Waals surface area contributed by atoms with Crippen molar-refractivity contribution in [2.24, 2.45) is 0 Å². The van der Waals surface area contributed by atoms with Crippen molar-refractivity contribution < 1.29 is 23.7 Å². The number of benzene rings is 1. The Kier molecular flexibility index (Phi) is 11.8. The minimum absolute atomic E-state index is 0.0355. The summed E-state index contributed by atoms with van der Waals surface area (Å²) >= 11 is 5.60. The average molecular weight is 480 g/mol. The van der Waals surface area contributed by atoms with Crippen LogP contribution in [0.4, 0.5) is 10.6 Å². The number of imidazole rings is 1. The van der Waals surface area contributed by atoms with E-state index >= 15 is 0 Å². The van der Waals surface area contributed by atoms with Gasteiger partial charge in [-0.3, -0.25) is 4.57 Å². The van der Waals surface area contributed by atoms with Crippen LogP contribution in [-0.4, -0.2) is 58.5 Å². The zero-order chi connectivity index (χ0) is 23.9. The number of aryl methyl sites for hydroxylation is 1. The van der Waals surface area contributed by atoms with Crippen LogP contribution >= 0.6 is 11.6 Å². The lowest BCUT2D eigenvalue weighted by molar-refractivity contribution is 0.0930. The Morgan fingerprint density at radius 3 is 2.30 bits per heavy atom. The van der Waals surface area contributed by atoms with Crippen molar-refractivity contribution in [2.45, 2.75) is 32.7 Å². The van der Waals surface area contributed by atoms with Gasteiger partial charge in [-0.05, 0) is 26.2 Å². The SMILES string of the molecule is CCn1c(OC(=O)OCCCCCCl)nc2c(N)nc(OCCOC)nc21.c1ccccc1. The first kappa shape index (κ1) is 26.1. The van der Waals surface area contributed by atoms with E-state index in [-0.39, 0.29) is 31.1 Å². The van der Waals surface area contributed by atoms with Gasteiger partial charge in [0.05, 0.1) is 13.2 Å². The number of aromatic nitrogens is 4. The molecule has 0 amide bonds. The quantitative estimate of drug-likeness (QED) is 0.246. The van der Waals surface area contributed by atoms with Gasteiger partial charge < -0.3 is 24.7 Å². The number of methoxy groups -OCH3 is 1. The van der Waals surface area contributed by atoms with Crippen LogP contribution in [0.5, 0.6) is 12.0 Å². The molecule has 0 atom stereocenters. The van der Waals surface area contributed by atoms with Crippen molar-refractivity contribution >= 4 is 34.7 Å². The lowest BCUT2D eigenvalue weighted by atomic mass is 10.3. The monoisotopic (exact) mass is 479 g/mol. The number of nitrogens with two attached hydrogens (primary N) is 1. The van der Waals surface area contributed by atoms with Crippen LogP contribution in [0, 0.1) is 0 Å². The highest BCUT2D eigenvalue weighted by molar-refractivity contribution is 6.17. The van der Waals surface area contributed by atoms with E-state index in [9.17, 15) is 4.79 Å². The Balaban J connectivity index is 0.000000554. The molecule has 11 heteroatoms. The summed E-state index contributed by atoms with van der Waals surface area (Å²) in [5.74, 6) is 0.712. The lowest BCUT2D eigenvalue weighted by Gasteiger charge is -2.07. The predicted molar refractivity (Wildman–Crippen MR) is 126 cm³/mol. The predicted octanol–water partition coefficient (Wildman–Crippen LogP) is 4.06. The first-order valence-electron chi connectivity index (χ1n) is 10.7. The van der Waals surface area contributed by atoms with Crippen LogP contribution in [0.25, 0.3) is 11.2 Å². The summed E-state index contributed by atoms with van der Waals surface area (Å²) in [6.07, 6.45) is 1.63. The molecule has 2 heterocycles. The van der Waals surface area contributed by atoms with Crippen LogP contribution in [0.2, 0.25) is 0 Å². The van der Waals surface area contributed by atoms with E-state index in [1.807, 2.05) is 43.3 Å². The van der Waals surface area contributed by atoms with E-state index in [0.29, 0.717) is 36.6 Å². The smallest absolute Gasteiger partial charge is 0.461 e. The van der Waals surface area contributed by atoms with E-state index in [1.54, 1.807) is 11.7 Å². The van der Waals surface area contributed by atoms with E-state index < -0.39 is 6.16 Å². The molecule has 0 saturated heterocycles. The fraction of sp³-hybridized carbons (Fsp3) is 0.455. The molecule has 2 aromatic heterocycles. The summed E-state index contributed by atoms with van der Waals surface area (Å²) in [5, 5.41) is 0. The Hall–Kier alpha value is -3.11. The molecule has 0 aliphatic rings. The number of carbonyl (C=O) groups excluding carboxylic acids is 1. The molecule has 0 spiro atoms. The van der Waals surface area contributed by atoms with Gasteiger partial charge in [-0.25, -0.2) is 4.79 Å². The maximum absolute atomic E-state index is 11.9. The number of ether oxygens (including phenoxy) is 4. The molecule has 0 unspecified atom stereocenters. The van der Waals surface area contributed by atoms with E-state index in [2.05, 4.69) is 15.0 Å². The lowest BCUT2D eigenvalue weighted by Crippen LogP contribution is -2.14. The number of nitrogens with zero attached hydrogens (tertiary/aromatic N) is 4. The molecular weight excluding hydrogens is 450 g/mol. The van der Waals surface area contributed by atoms with Gasteiger partial charge in [0.25, 0.3) is 0 Å². The minimum atomic E-state index is -0.839. The minimum Gasteiger partial charge on any atom is -0.461 e. The number of nitrogen functional groups attached to an aromatic ring is 1. The molecule has 33 heavy (non-hydrogen) atoms. The summed E-state index contributed by atoms with van der Waals surface area (Å²) in [7, 11) is 1.56. The molecule has 10 nitrogen and oxygen atoms in total. The molecule has 180 valence electrons. The van der Waals surface area contributed by atoms with Crippen LogP contribution in [0.3, 0.4) is 0 Å². The number of halogens is 1. The molecule has 3 rings (SSSR count). The molecule has 0 fully saturated rings. The average Bonchev–Trinajstić information content (AvgIpc) is 3.18. The van der Waals surface area contributed by atoms with Crippen LogP contribution in [0.15, 0.2) is 36.4 Å². The summed E-state index contributed by atoms with van der Waals surface area (Å²) in [6, 6.07) is 12.1. The van der Waals surface area contributed by atoms with Crippen molar-refractivity contribution in [3.63, 3.8) is 0 Å². The highest BCUT2D eigenvalue weighted by Crippen LogP contribution is 2.25. The van der Waals surface area contributed by atoms with Crippen LogP contribution in [-0.2, 0) is 16.0 Å². The number of carbonyl (C=O) groups is 1. The first-order chi connectivity index (χ1) is 16.1. The largest absolute Gasteiger partial charge is 0.516 e. The maximum Gasteiger partial charge on any atom is 0.516 e. The van der Waals surface area contributed by atoms with Gasteiger partial charge in [-0.1, -0.05) is 36.4 Å². The Labute approximate surface area is 198 Å². The number of rotatable bonds is 11. The number of hydrogen-bond donors (Lipinski definition) is 1. The standard InChI is InChI=1S/C16H24ClN5O5.C6H6/c1-3-22-13-11(12(18)20-14(21-13)25-10-9-24-2)19-15(22)27-16(23)26-8-6-4-5-7-17;1-2-4-6-5-3-1/h3-10H2,1-2H3,(H2,18,20,21);1-6H. The molecular formula is C22H30ClN5O5. The highest BCUT2D eigenvalue weighted by Gasteiger charge is 2.20. The second-order valence-electron chi connectivity index (χ2n) is 6.65. The maximum atomic E-state index is 11.9. The van der Waals surface area contributed by atoms with E-state index in [1.165, 1.54) is 0 Å². The van der Waals surface area contributed by atoms with Gasteiger partial charge in [-0.15, -0.1) is 11.6 Å². The van der Waals surface area contributed by atoms with Crippen molar-refractivity contribution in [1.29, 1.82) is 0 Å². The molecule has 0 bridgehead atoms. The topological polar surface area (TPSA) is 124 Å². The fourth-order valence-electron chi connectivity index (χ4n) is 2.64. The second kappa shape index (κ2) is 14.9. The van der Waals surface area contributed by atoms with Gasteiger partial charge >= 0.3 is 18.2 Å². The first-order valence-corrected chi connectivity index (χ1v) is 11.2. The van der Waals surface area contributed by atoms with E-state index in [0.717, 1.165) is 12.8 Å². The zero-order valence-electron chi connectivity index (χ0n) is 18.9. The molecule has 0 radical (unpaired) electrons. The number of unbranched alkanes of at least 4 members (excludes halogenated alkanes) is 2. The zero-order valence-corrected chi connectivity index (χ0v) is 19.7. The van der Waals surface area contributed by atoms with Crippen LogP contribution < -0.4 is 15.2 Å². The third-order valence-corrected chi connectivity index (χ3v) is 4.51. The van der Waals surface area contributed by atoms with Gasteiger partial charge in [0, 0.05) is 19.5 Å². The highest BCUT2D eigenvalue weighted by atomic mass is 35.5. The molecule has 2 N–H and O–H groups in total. The second-order valence-corrected chi connectivity index (χ2v) is 7.03. The third-order valence-electron chi connectivity index (χ3n) is 4.24.